The first-order chi connectivity index (χ1) is 10.1. The zero-order valence-electron chi connectivity index (χ0n) is 11.7. The minimum Gasteiger partial charge on any atom is -0.381 e. The van der Waals surface area contributed by atoms with Crippen LogP contribution < -0.4 is 11.1 Å². The number of benzene rings is 2. The van der Waals surface area contributed by atoms with Crippen LogP contribution in [0.3, 0.4) is 0 Å². The van der Waals surface area contributed by atoms with E-state index >= 15 is 0 Å². The van der Waals surface area contributed by atoms with E-state index in [0.717, 1.165) is 5.56 Å². The lowest BCUT2D eigenvalue weighted by Crippen LogP contribution is -2.51. The van der Waals surface area contributed by atoms with Gasteiger partial charge in [-0.2, -0.15) is 0 Å². The van der Waals surface area contributed by atoms with Crippen molar-refractivity contribution < 1.29 is 9.53 Å². The van der Waals surface area contributed by atoms with Crippen LogP contribution in [0, 0.1) is 0 Å². The Balaban J connectivity index is 2.47. The Kier molecular flexibility index (Phi) is 4.83. The minimum atomic E-state index is -1.15. The highest BCUT2D eigenvalue weighted by atomic mass is 35.5. The molecule has 21 heavy (non-hydrogen) atoms. The van der Waals surface area contributed by atoms with E-state index in [2.05, 4.69) is 5.32 Å². The molecule has 0 heterocycles. The quantitative estimate of drug-likeness (QED) is 0.862. The molecule has 2 rings (SSSR count). The van der Waals surface area contributed by atoms with Crippen LogP contribution in [0.1, 0.15) is 5.56 Å². The van der Waals surface area contributed by atoms with Crippen molar-refractivity contribution in [2.75, 3.05) is 19.0 Å². The number of primary amides is 1. The highest BCUT2D eigenvalue weighted by Crippen LogP contribution is 2.28. The molecule has 5 heteroatoms. The molecule has 0 aliphatic heterocycles. The summed E-state index contributed by atoms with van der Waals surface area (Å²) >= 11 is 5.99. The van der Waals surface area contributed by atoms with Gasteiger partial charge in [-0.3, -0.25) is 4.79 Å². The van der Waals surface area contributed by atoms with Gasteiger partial charge in [0.15, 0.2) is 5.54 Å². The SMILES string of the molecule is COCC(Nc1cccc(Cl)c1)(C(N)=O)c1ccccc1. The summed E-state index contributed by atoms with van der Waals surface area (Å²) in [5.74, 6) is -0.518. The van der Waals surface area contributed by atoms with Crippen molar-refractivity contribution in [2.24, 2.45) is 5.73 Å². The minimum absolute atomic E-state index is 0.110. The summed E-state index contributed by atoms with van der Waals surface area (Å²) in [5, 5.41) is 3.74. The Morgan fingerprint density at radius 2 is 1.95 bits per heavy atom. The van der Waals surface area contributed by atoms with Gasteiger partial charge in [0.05, 0.1) is 6.61 Å². The molecule has 2 aromatic carbocycles. The van der Waals surface area contributed by atoms with E-state index in [-0.39, 0.29) is 6.61 Å². The van der Waals surface area contributed by atoms with E-state index in [1.54, 1.807) is 18.2 Å². The van der Waals surface area contributed by atoms with Crippen LogP contribution in [-0.2, 0) is 15.1 Å². The second kappa shape index (κ2) is 6.61. The first kappa shape index (κ1) is 15.4. The van der Waals surface area contributed by atoms with Gasteiger partial charge in [-0.05, 0) is 23.8 Å². The van der Waals surface area contributed by atoms with E-state index in [1.165, 1.54) is 7.11 Å². The molecule has 110 valence electrons. The summed E-state index contributed by atoms with van der Waals surface area (Å²) < 4.78 is 5.23. The number of nitrogens with two attached hydrogens (primary N) is 1. The predicted octanol–water partition coefficient (Wildman–Crippen LogP) is 2.78. The fraction of sp³-hybridized carbons (Fsp3) is 0.188. The maximum Gasteiger partial charge on any atom is 0.250 e. The highest BCUT2D eigenvalue weighted by Gasteiger charge is 2.38. The van der Waals surface area contributed by atoms with Gasteiger partial charge in [0.1, 0.15) is 0 Å². The van der Waals surface area contributed by atoms with Crippen molar-refractivity contribution in [3.8, 4) is 0 Å². The number of carbonyl (C=O) groups is 1. The second-order valence-electron chi connectivity index (χ2n) is 4.70. The smallest absolute Gasteiger partial charge is 0.250 e. The van der Waals surface area contributed by atoms with Crippen molar-refractivity contribution >= 4 is 23.2 Å². The molecule has 0 radical (unpaired) electrons. The molecule has 2 aromatic rings. The van der Waals surface area contributed by atoms with Crippen LogP contribution in [0.5, 0.6) is 0 Å². The van der Waals surface area contributed by atoms with Crippen LogP contribution in [0.25, 0.3) is 0 Å². The number of carbonyl (C=O) groups excluding carboxylic acids is 1. The summed E-state index contributed by atoms with van der Waals surface area (Å²) in [4.78, 5) is 12.1. The number of nitrogens with one attached hydrogen (secondary N) is 1. The maximum absolute atomic E-state index is 12.1. The molecule has 0 aliphatic rings. The highest BCUT2D eigenvalue weighted by molar-refractivity contribution is 6.30. The van der Waals surface area contributed by atoms with Gasteiger partial charge in [-0.15, -0.1) is 0 Å². The number of halogens is 1. The second-order valence-corrected chi connectivity index (χ2v) is 5.14. The first-order valence-corrected chi connectivity index (χ1v) is 6.84. The number of hydrogen-bond donors (Lipinski definition) is 2. The van der Waals surface area contributed by atoms with Crippen molar-refractivity contribution in [3.05, 3.63) is 65.2 Å². The molecule has 0 saturated heterocycles. The lowest BCUT2D eigenvalue weighted by atomic mass is 9.89. The molecule has 1 atom stereocenters. The first-order valence-electron chi connectivity index (χ1n) is 6.46. The molecule has 3 N–H and O–H groups in total. The molecule has 0 aromatic heterocycles. The number of rotatable bonds is 6. The van der Waals surface area contributed by atoms with Gasteiger partial charge in [0, 0.05) is 17.8 Å². The van der Waals surface area contributed by atoms with Crippen molar-refractivity contribution in [1.82, 2.24) is 0 Å². The topological polar surface area (TPSA) is 64.3 Å². The van der Waals surface area contributed by atoms with E-state index in [9.17, 15) is 4.79 Å². The monoisotopic (exact) mass is 304 g/mol. The number of hydrogen-bond acceptors (Lipinski definition) is 3. The average molecular weight is 305 g/mol. The van der Waals surface area contributed by atoms with Crippen LogP contribution >= 0.6 is 11.6 Å². The zero-order chi connectivity index (χ0) is 15.3. The Morgan fingerprint density at radius 3 is 2.52 bits per heavy atom. The lowest BCUT2D eigenvalue weighted by Gasteiger charge is -2.32. The van der Waals surface area contributed by atoms with Gasteiger partial charge in [0.25, 0.3) is 0 Å². The standard InChI is InChI=1S/C16H17ClN2O2/c1-21-11-16(15(18)20,12-6-3-2-4-7-12)19-14-9-5-8-13(17)10-14/h2-10,19H,11H2,1H3,(H2,18,20). The number of anilines is 1. The Bertz CT molecular complexity index is 619. The summed E-state index contributed by atoms with van der Waals surface area (Å²) in [5.41, 5.74) is 5.94. The third kappa shape index (κ3) is 3.35. The average Bonchev–Trinajstić information content (AvgIpc) is 2.47. The van der Waals surface area contributed by atoms with Gasteiger partial charge >= 0.3 is 0 Å². The molecular weight excluding hydrogens is 288 g/mol. The molecule has 0 bridgehead atoms. The number of amides is 1. The third-order valence-electron chi connectivity index (χ3n) is 3.23. The summed E-state index contributed by atoms with van der Waals surface area (Å²) in [7, 11) is 1.53. The Labute approximate surface area is 128 Å². The van der Waals surface area contributed by atoms with Crippen molar-refractivity contribution in [3.63, 3.8) is 0 Å². The summed E-state index contributed by atoms with van der Waals surface area (Å²) in [6.45, 7) is 0.110. The molecule has 0 spiro atoms. The molecule has 0 fully saturated rings. The van der Waals surface area contributed by atoms with Crippen LogP contribution in [0.4, 0.5) is 5.69 Å². The van der Waals surface area contributed by atoms with Crippen LogP contribution in [-0.4, -0.2) is 19.6 Å². The number of ether oxygens (including phenoxy) is 1. The van der Waals surface area contributed by atoms with E-state index in [1.807, 2.05) is 36.4 Å². The lowest BCUT2D eigenvalue weighted by molar-refractivity contribution is -0.124. The molecule has 0 saturated carbocycles. The van der Waals surface area contributed by atoms with Gasteiger partial charge in [-0.25, -0.2) is 0 Å². The van der Waals surface area contributed by atoms with Gasteiger partial charge in [0.2, 0.25) is 5.91 Å². The molecule has 4 nitrogen and oxygen atoms in total. The maximum atomic E-state index is 12.1. The molecular formula is C16H17ClN2O2. The van der Waals surface area contributed by atoms with Gasteiger partial charge < -0.3 is 15.8 Å². The summed E-state index contributed by atoms with van der Waals surface area (Å²) in [6, 6.07) is 16.4. The Hall–Kier alpha value is -2.04. The van der Waals surface area contributed by atoms with Crippen molar-refractivity contribution in [2.45, 2.75) is 5.54 Å². The number of methoxy groups -OCH3 is 1. The van der Waals surface area contributed by atoms with E-state index < -0.39 is 11.4 Å². The molecule has 0 aliphatic carbocycles. The normalized spacial score (nSPS) is 13.4. The largest absolute Gasteiger partial charge is 0.381 e. The van der Waals surface area contributed by atoms with Gasteiger partial charge in [-0.1, -0.05) is 48.0 Å². The fourth-order valence-electron chi connectivity index (χ4n) is 2.22. The fourth-order valence-corrected chi connectivity index (χ4v) is 2.41. The van der Waals surface area contributed by atoms with E-state index in [4.69, 9.17) is 22.1 Å². The zero-order valence-corrected chi connectivity index (χ0v) is 12.4. The van der Waals surface area contributed by atoms with Crippen LogP contribution in [0.2, 0.25) is 5.02 Å². The summed E-state index contributed by atoms with van der Waals surface area (Å²) in [6.07, 6.45) is 0. The van der Waals surface area contributed by atoms with Crippen molar-refractivity contribution in [1.29, 1.82) is 0 Å². The predicted molar refractivity (Wildman–Crippen MR) is 84.3 cm³/mol. The Morgan fingerprint density at radius 1 is 1.24 bits per heavy atom. The molecule has 1 amide bonds. The molecule has 1 unspecified atom stereocenters. The third-order valence-corrected chi connectivity index (χ3v) is 3.47. The van der Waals surface area contributed by atoms with Crippen LogP contribution in [0.15, 0.2) is 54.6 Å². The van der Waals surface area contributed by atoms with E-state index in [0.29, 0.717) is 10.7 Å².